The molecule has 1 saturated heterocycles. The summed E-state index contributed by atoms with van der Waals surface area (Å²) in [6.45, 7) is 13.4. The van der Waals surface area contributed by atoms with Crippen molar-refractivity contribution in [3.05, 3.63) is 35.9 Å². The highest BCUT2D eigenvalue weighted by molar-refractivity contribution is 5.75. The molecule has 1 amide bonds. The molecule has 1 aromatic rings. The molecule has 0 aliphatic carbocycles. The van der Waals surface area contributed by atoms with Gasteiger partial charge < -0.3 is 9.64 Å². The molecule has 2 rings (SSSR count). The summed E-state index contributed by atoms with van der Waals surface area (Å²) in [6, 6.07) is 10.4. The van der Waals surface area contributed by atoms with Crippen LogP contribution in [0.3, 0.4) is 0 Å². The number of ether oxygens (including phenoxy) is 1. The quantitative estimate of drug-likeness (QED) is 0.545. The van der Waals surface area contributed by atoms with E-state index in [2.05, 4.69) is 56.9 Å². The summed E-state index contributed by atoms with van der Waals surface area (Å²) in [7, 11) is 0. The monoisotopic (exact) mass is 373 g/mol. The average molecular weight is 374 g/mol. The maximum absolute atomic E-state index is 12.6. The second-order valence-corrected chi connectivity index (χ2v) is 9.37. The van der Waals surface area contributed by atoms with Crippen molar-refractivity contribution < 1.29 is 9.53 Å². The Bertz CT molecular complexity index is 581. The summed E-state index contributed by atoms with van der Waals surface area (Å²) in [5.74, 6) is 0.967. The molecule has 0 saturated carbocycles. The fourth-order valence-electron chi connectivity index (χ4n) is 4.42. The van der Waals surface area contributed by atoms with Crippen molar-refractivity contribution in [2.45, 2.75) is 85.3 Å². The van der Waals surface area contributed by atoms with E-state index >= 15 is 0 Å². The molecule has 0 spiro atoms. The van der Waals surface area contributed by atoms with Gasteiger partial charge in [-0.15, -0.1) is 0 Å². The van der Waals surface area contributed by atoms with Gasteiger partial charge in [-0.25, -0.2) is 0 Å². The minimum Gasteiger partial charge on any atom is -0.376 e. The normalized spacial score (nSPS) is 22.0. The summed E-state index contributed by atoms with van der Waals surface area (Å²) < 4.78 is 6.02. The van der Waals surface area contributed by atoms with Gasteiger partial charge in [-0.05, 0) is 56.4 Å². The number of hydrogen-bond donors (Lipinski definition) is 0. The Balaban J connectivity index is 2.10. The van der Waals surface area contributed by atoms with Gasteiger partial charge in [-0.2, -0.15) is 0 Å². The van der Waals surface area contributed by atoms with E-state index in [4.69, 9.17) is 4.74 Å². The van der Waals surface area contributed by atoms with Gasteiger partial charge in [-0.3, -0.25) is 4.79 Å². The van der Waals surface area contributed by atoms with E-state index in [1.165, 1.54) is 18.4 Å². The predicted molar refractivity (Wildman–Crippen MR) is 113 cm³/mol. The highest BCUT2D eigenvalue weighted by Gasteiger charge is 2.40. The fraction of sp³-hybridized carbons (Fsp3) is 0.708. The summed E-state index contributed by atoms with van der Waals surface area (Å²) in [5.41, 5.74) is 1.44. The average Bonchev–Trinajstić information content (AvgIpc) is 2.63. The highest BCUT2D eigenvalue weighted by atomic mass is 16.5. The van der Waals surface area contributed by atoms with Crippen molar-refractivity contribution >= 4 is 5.91 Å². The Hall–Kier alpha value is -1.35. The van der Waals surface area contributed by atoms with Gasteiger partial charge in [0.1, 0.15) is 0 Å². The van der Waals surface area contributed by atoms with Gasteiger partial charge in [0.15, 0.2) is 0 Å². The van der Waals surface area contributed by atoms with Crippen molar-refractivity contribution in [1.29, 1.82) is 0 Å². The van der Waals surface area contributed by atoms with Crippen LogP contribution < -0.4 is 0 Å². The van der Waals surface area contributed by atoms with Crippen LogP contribution in [0.15, 0.2) is 30.3 Å². The SMILES string of the molecule is CCC(=O)N(CCC1(CCC(C)C)CCOC(C)(C)C1)Cc1ccccc1. The van der Waals surface area contributed by atoms with Crippen molar-refractivity contribution in [3.63, 3.8) is 0 Å². The van der Waals surface area contributed by atoms with Crippen LogP contribution in [0.1, 0.15) is 78.7 Å². The van der Waals surface area contributed by atoms with E-state index in [0.717, 1.165) is 32.4 Å². The Morgan fingerprint density at radius 2 is 1.89 bits per heavy atom. The van der Waals surface area contributed by atoms with E-state index in [0.29, 0.717) is 18.9 Å². The molecule has 1 heterocycles. The first-order valence-electron chi connectivity index (χ1n) is 10.7. The summed E-state index contributed by atoms with van der Waals surface area (Å²) in [4.78, 5) is 14.7. The molecule has 0 bridgehead atoms. The maximum Gasteiger partial charge on any atom is 0.222 e. The zero-order valence-electron chi connectivity index (χ0n) is 18.1. The van der Waals surface area contributed by atoms with Gasteiger partial charge in [0, 0.05) is 26.1 Å². The van der Waals surface area contributed by atoms with Crippen LogP contribution >= 0.6 is 0 Å². The van der Waals surface area contributed by atoms with Crippen LogP contribution in [0.5, 0.6) is 0 Å². The molecule has 3 heteroatoms. The Morgan fingerprint density at radius 1 is 1.19 bits per heavy atom. The van der Waals surface area contributed by atoms with Crippen LogP contribution in [0.4, 0.5) is 0 Å². The number of carbonyl (C=O) groups is 1. The molecule has 1 unspecified atom stereocenters. The first-order valence-corrected chi connectivity index (χ1v) is 10.7. The van der Waals surface area contributed by atoms with Crippen LogP contribution in [0, 0.1) is 11.3 Å². The van der Waals surface area contributed by atoms with E-state index in [1.807, 2.05) is 13.0 Å². The fourth-order valence-corrected chi connectivity index (χ4v) is 4.42. The minimum absolute atomic E-state index is 0.0613. The molecule has 1 aliphatic rings. The number of amides is 1. The first kappa shape index (κ1) is 21.9. The highest BCUT2D eigenvalue weighted by Crippen LogP contribution is 2.45. The lowest BCUT2D eigenvalue weighted by molar-refractivity contribution is -0.133. The molecular formula is C24H39NO2. The molecule has 152 valence electrons. The zero-order valence-corrected chi connectivity index (χ0v) is 18.1. The van der Waals surface area contributed by atoms with E-state index in [1.54, 1.807) is 0 Å². The zero-order chi connectivity index (χ0) is 19.9. The lowest BCUT2D eigenvalue weighted by Crippen LogP contribution is -2.43. The number of hydrogen-bond acceptors (Lipinski definition) is 2. The van der Waals surface area contributed by atoms with Crippen molar-refractivity contribution in [2.75, 3.05) is 13.2 Å². The van der Waals surface area contributed by atoms with Gasteiger partial charge in [0.05, 0.1) is 5.60 Å². The van der Waals surface area contributed by atoms with Crippen LogP contribution in [0.2, 0.25) is 0 Å². The summed E-state index contributed by atoms with van der Waals surface area (Å²) in [5, 5.41) is 0. The smallest absolute Gasteiger partial charge is 0.222 e. The number of nitrogens with zero attached hydrogens (tertiary/aromatic N) is 1. The number of rotatable bonds is 9. The van der Waals surface area contributed by atoms with Crippen LogP contribution in [-0.4, -0.2) is 29.6 Å². The lowest BCUT2D eigenvalue weighted by atomic mass is 9.68. The molecule has 1 fully saturated rings. The first-order chi connectivity index (χ1) is 12.8. The molecule has 3 nitrogen and oxygen atoms in total. The molecule has 1 aliphatic heterocycles. The molecule has 27 heavy (non-hydrogen) atoms. The number of carbonyl (C=O) groups excluding carboxylic acids is 1. The third-order valence-corrected chi connectivity index (χ3v) is 5.96. The Kier molecular flexibility index (Phi) is 7.91. The van der Waals surface area contributed by atoms with Crippen molar-refractivity contribution in [1.82, 2.24) is 4.90 Å². The van der Waals surface area contributed by atoms with E-state index in [9.17, 15) is 4.79 Å². The van der Waals surface area contributed by atoms with Gasteiger partial charge in [-0.1, -0.05) is 57.5 Å². The molecular weight excluding hydrogens is 334 g/mol. The second kappa shape index (κ2) is 9.73. The van der Waals surface area contributed by atoms with Gasteiger partial charge in [0.2, 0.25) is 5.91 Å². The molecule has 1 atom stereocenters. The predicted octanol–water partition coefficient (Wildman–Crippen LogP) is 5.83. The topological polar surface area (TPSA) is 29.5 Å². The third kappa shape index (κ3) is 6.95. The maximum atomic E-state index is 12.6. The largest absolute Gasteiger partial charge is 0.376 e. The number of benzene rings is 1. The van der Waals surface area contributed by atoms with Gasteiger partial charge >= 0.3 is 0 Å². The molecule has 1 aromatic carbocycles. The molecule has 0 radical (unpaired) electrons. The van der Waals surface area contributed by atoms with E-state index < -0.39 is 0 Å². The Labute approximate surface area is 166 Å². The second-order valence-electron chi connectivity index (χ2n) is 9.37. The lowest BCUT2D eigenvalue weighted by Gasteiger charge is -2.46. The molecule has 0 N–H and O–H groups in total. The standard InChI is InChI=1S/C24H39NO2/c1-6-22(26)25(18-21-10-8-7-9-11-21)16-14-24(13-12-20(2)3)15-17-27-23(4,5)19-24/h7-11,20H,6,12-19H2,1-5H3. The van der Waals surface area contributed by atoms with Crippen LogP contribution in [0.25, 0.3) is 0 Å². The van der Waals surface area contributed by atoms with E-state index in [-0.39, 0.29) is 16.9 Å². The minimum atomic E-state index is -0.0613. The summed E-state index contributed by atoms with van der Waals surface area (Å²) >= 11 is 0. The Morgan fingerprint density at radius 3 is 2.48 bits per heavy atom. The molecule has 0 aromatic heterocycles. The van der Waals surface area contributed by atoms with Gasteiger partial charge in [0.25, 0.3) is 0 Å². The summed E-state index contributed by atoms with van der Waals surface area (Å²) in [6.07, 6.45) is 6.33. The van der Waals surface area contributed by atoms with Crippen molar-refractivity contribution in [2.24, 2.45) is 11.3 Å². The van der Waals surface area contributed by atoms with Crippen molar-refractivity contribution in [3.8, 4) is 0 Å². The third-order valence-electron chi connectivity index (χ3n) is 5.96. The van der Waals surface area contributed by atoms with Crippen LogP contribution in [-0.2, 0) is 16.1 Å².